The molecule has 2 aliphatic carbocycles. The summed E-state index contributed by atoms with van der Waals surface area (Å²) in [6, 6.07) is 11.7. The second kappa shape index (κ2) is 7.39. The lowest BCUT2D eigenvalue weighted by atomic mass is 9.56. The van der Waals surface area contributed by atoms with E-state index < -0.39 is 17.1 Å². The molecule has 5 rings (SSSR count). The van der Waals surface area contributed by atoms with E-state index in [1.165, 1.54) is 0 Å². The maximum atomic E-state index is 14.3. The fourth-order valence-corrected chi connectivity index (χ4v) is 6.66. The summed E-state index contributed by atoms with van der Waals surface area (Å²) in [5.41, 5.74) is 9.11. The predicted molar refractivity (Wildman–Crippen MR) is 122 cm³/mol. The lowest BCUT2D eigenvalue weighted by molar-refractivity contribution is -0.387. The molecule has 1 fully saturated rings. The number of hydrogen-bond acceptors (Lipinski definition) is 5. The summed E-state index contributed by atoms with van der Waals surface area (Å²) in [6.45, 7) is 6.40. The molecule has 7 heteroatoms. The van der Waals surface area contributed by atoms with E-state index in [-0.39, 0.29) is 23.7 Å². The second-order valence-corrected chi connectivity index (χ2v) is 10.2. The number of nitrogens with two attached hydrogens (primary N) is 1. The van der Waals surface area contributed by atoms with E-state index in [0.717, 1.165) is 22.4 Å². The van der Waals surface area contributed by atoms with Gasteiger partial charge < -0.3 is 10.8 Å². The third-order valence-electron chi connectivity index (χ3n) is 7.98. The number of carbonyl (C=O) groups is 1. The Morgan fingerprint density at radius 2 is 2.00 bits per heavy atom. The van der Waals surface area contributed by atoms with E-state index >= 15 is 0 Å². The van der Waals surface area contributed by atoms with Crippen LogP contribution in [0.4, 0.5) is 0 Å². The molecule has 33 heavy (non-hydrogen) atoms. The number of H-pyrrole nitrogens is 1. The highest BCUT2D eigenvalue weighted by atomic mass is 16.3. The van der Waals surface area contributed by atoms with Crippen molar-refractivity contribution in [3.63, 3.8) is 0 Å². The number of pyridine rings is 1. The molecule has 2 unspecified atom stereocenters. The minimum Gasteiger partial charge on any atom is -0.393 e. The highest BCUT2D eigenvalue weighted by Gasteiger charge is 2.68. The van der Waals surface area contributed by atoms with Gasteiger partial charge in [-0.1, -0.05) is 19.9 Å². The first kappa shape index (κ1) is 21.6. The number of aliphatic hydroxyl groups excluding tert-OH is 1. The van der Waals surface area contributed by atoms with Gasteiger partial charge in [0.2, 0.25) is 0 Å². The number of carbonyl (C=O) groups excluding carboxylic acids is 1. The van der Waals surface area contributed by atoms with E-state index in [2.05, 4.69) is 11.1 Å². The molecule has 1 saturated carbocycles. The number of hydrogen-bond donors (Lipinski definition) is 2. The monoisotopic (exact) mass is 444 g/mol. The molecule has 170 valence electrons. The average Bonchev–Trinajstić information content (AvgIpc) is 3.18. The number of aromatic amines is 1. The number of nitriles is 1. The second-order valence-electron chi connectivity index (χ2n) is 10.2. The van der Waals surface area contributed by atoms with Crippen molar-refractivity contribution in [2.45, 2.75) is 58.2 Å². The van der Waals surface area contributed by atoms with Crippen LogP contribution < -0.4 is 10.7 Å². The zero-order valence-corrected chi connectivity index (χ0v) is 19.3. The quantitative estimate of drug-likeness (QED) is 0.738. The Bertz CT molecular complexity index is 1200. The highest BCUT2D eigenvalue weighted by Crippen LogP contribution is 2.63. The lowest BCUT2D eigenvalue weighted by Gasteiger charge is -2.49. The van der Waals surface area contributed by atoms with Crippen molar-refractivity contribution in [2.24, 2.45) is 28.0 Å². The van der Waals surface area contributed by atoms with Crippen LogP contribution in [0.15, 0.2) is 41.5 Å². The van der Waals surface area contributed by atoms with Crippen LogP contribution in [0.5, 0.6) is 0 Å². The zero-order chi connectivity index (χ0) is 23.5. The molecular weight excluding hydrogens is 414 g/mol. The summed E-state index contributed by atoms with van der Waals surface area (Å²) in [5.74, 6) is 0.142. The topological polar surface area (TPSA) is 117 Å². The molecule has 5 atom stereocenters. The number of amides is 1. The van der Waals surface area contributed by atoms with Gasteiger partial charge in [-0.25, -0.2) is 9.98 Å². The van der Waals surface area contributed by atoms with Crippen molar-refractivity contribution in [1.82, 2.24) is 4.90 Å². The standard InChI is InChI=1S/C26H29N5O2/c1-15-10-25(11-16(2)22(15)32)12-20-5-4-18(13-27)9-21(20)26(25)23(33)31(24(28)30-26)14-19-6-7-29-17(3)8-19/h4-9,15-16,22,32H,10-12,14H2,1-3H3,(H2,28,30)/p+1/t15-,16+,22?,25?,26-/m1/s1. The first-order chi connectivity index (χ1) is 15.7. The minimum atomic E-state index is -1.17. The molecule has 1 aromatic heterocycles. The van der Waals surface area contributed by atoms with Crippen LogP contribution in [0.25, 0.3) is 0 Å². The number of aliphatic hydroxyl groups is 1. The maximum Gasteiger partial charge on any atom is 0.262 e. The molecule has 7 nitrogen and oxygen atoms in total. The number of rotatable bonds is 2. The molecule has 1 aliphatic heterocycles. The number of benzene rings is 1. The summed E-state index contributed by atoms with van der Waals surface area (Å²) in [6.07, 6.45) is 3.47. The Morgan fingerprint density at radius 1 is 1.27 bits per heavy atom. The molecular formula is C26H30N5O2+. The number of aliphatic imine (C=N–C) groups is 1. The normalized spacial score (nSPS) is 32.8. The Labute approximate surface area is 194 Å². The summed E-state index contributed by atoms with van der Waals surface area (Å²) >= 11 is 0. The summed E-state index contributed by atoms with van der Waals surface area (Å²) in [5, 5.41) is 20.3. The van der Waals surface area contributed by atoms with E-state index in [1.54, 1.807) is 4.90 Å². The molecule has 0 radical (unpaired) electrons. The Kier molecular flexibility index (Phi) is 4.84. The number of nitrogens with one attached hydrogen (secondary N) is 1. The number of fused-ring (bicyclic) bond motifs is 3. The van der Waals surface area contributed by atoms with Crippen molar-refractivity contribution in [1.29, 1.82) is 5.26 Å². The van der Waals surface area contributed by atoms with Crippen molar-refractivity contribution in [3.05, 3.63) is 64.5 Å². The van der Waals surface area contributed by atoms with Crippen molar-refractivity contribution < 1.29 is 14.9 Å². The van der Waals surface area contributed by atoms with E-state index in [9.17, 15) is 15.2 Å². The van der Waals surface area contributed by atoms with Gasteiger partial charge in [0.1, 0.15) is 0 Å². The lowest BCUT2D eigenvalue weighted by Crippen LogP contribution is -2.55. The van der Waals surface area contributed by atoms with Crippen molar-refractivity contribution in [2.75, 3.05) is 0 Å². The molecule has 2 aromatic rings. The van der Waals surface area contributed by atoms with Gasteiger partial charge in [0.15, 0.2) is 23.4 Å². The van der Waals surface area contributed by atoms with E-state index in [1.807, 2.05) is 57.3 Å². The van der Waals surface area contributed by atoms with E-state index in [0.29, 0.717) is 31.4 Å². The molecule has 2 heterocycles. The fourth-order valence-electron chi connectivity index (χ4n) is 6.66. The van der Waals surface area contributed by atoms with Crippen LogP contribution in [0.3, 0.4) is 0 Å². The summed E-state index contributed by atoms with van der Waals surface area (Å²) in [4.78, 5) is 24.0. The smallest absolute Gasteiger partial charge is 0.262 e. The van der Waals surface area contributed by atoms with Gasteiger partial charge in [-0.15, -0.1) is 0 Å². The third kappa shape index (κ3) is 3.01. The average molecular weight is 445 g/mol. The van der Waals surface area contributed by atoms with Crippen molar-refractivity contribution in [3.8, 4) is 6.07 Å². The molecule has 2 spiro atoms. The zero-order valence-electron chi connectivity index (χ0n) is 19.3. The Balaban J connectivity index is 1.66. The van der Waals surface area contributed by atoms with Gasteiger partial charge in [0.05, 0.1) is 24.3 Å². The minimum absolute atomic E-state index is 0.0287. The summed E-state index contributed by atoms with van der Waals surface area (Å²) < 4.78 is 0. The van der Waals surface area contributed by atoms with Crippen LogP contribution in [0.2, 0.25) is 0 Å². The highest BCUT2D eigenvalue weighted by molar-refractivity contribution is 6.08. The van der Waals surface area contributed by atoms with Gasteiger partial charge in [0.25, 0.3) is 5.91 Å². The van der Waals surface area contributed by atoms with Crippen LogP contribution in [-0.2, 0) is 23.3 Å². The van der Waals surface area contributed by atoms with Crippen LogP contribution in [0, 0.1) is 35.5 Å². The van der Waals surface area contributed by atoms with Crippen LogP contribution in [0.1, 0.15) is 54.6 Å². The summed E-state index contributed by atoms with van der Waals surface area (Å²) in [7, 11) is 0. The Hall–Kier alpha value is -3.24. The number of aromatic nitrogens is 1. The largest absolute Gasteiger partial charge is 0.393 e. The molecule has 0 saturated heterocycles. The molecule has 1 aromatic carbocycles. The first-order valence-electron chi connectivity index (χ1n) is 11.6. The Morgan fingerprint density at radius 3 is 2.67 bits per heavy atom. The number of nitrogens with zero attached hydrogens (tertiary/aromatic N) is 3. The molecule has 3 aliphatic rings. The van der Waals surface area contributed by atoms with Gasteiger partial charge in [0, 0.05) is 24.5 Å². The maximum absolute atomic E-state index is 14.3. The van der Waals surface area contributed by atoms with Gasteiger partial charge in [-0.2, -0.15) is 5.26 Å². The van der Waals surface area contributed by atoms with Crippen LogP contribution >= 0.6 is 0 Å². The SMILES string of the molecule is Cc1cc(CN2C(=O)[C@]3(N=C2N)c2cc(C#N)ccc2CC32C[C@@H](C)C(O)[C@@H](C)C2)cc[nH+]1. The fraction of sp³-hybridized carbons (Fsp3) is 0.462. The number of aryl methyl sites for hydroxylation is 1. The van der Waals surface area contributed by atoms with Crippen LogP contribution in [-0.4, -0.2) is 28.0 Å². The van der Waals surface area contributed by atoms with Crippen molar-refractivity contribution >= 4 is 11.9 Å². The molecule has 4 N–H and O–H groups in total. The van der Waals surface area contributed by atoms with E-state index in [4.69, 9.17) is 10.7 Å². The predicted octanol–water partition coefficient (Wildman–Crippen LogP) is 2.20. The van der Waals surface area contributed by atoms with Gasteiger partial charge >= 0.3 is 0 Å². The third-order valence-corrected chi connectivity index (χ3v) is 7.98. The molecule has 0 bridgehead atoms. The first-order valence-corrected chi connectivity index (χ1v) is 11.6. The molecule has 1 amide bonds. The number of guanidine groups is 1. The van der Waals surface area contributed by atoms with Gasteiger partial charge in [-0.3, -0.25) is 9.69 Å². The van der Waals surface area contributed by atoms with Gasteiger partial charge in [-0.05, 0) is 59.9 Å².